The number of ether oxygens (including phenoxy) is 1. The molecule has 0 bridgehead atoms. The zero-order chi connectivity index (χ0) is 17.9. The first-order chi connectivity index (χ1) is 11.3. The Morgan fingerprint density at radius 1 is 1.29 bits per heavy atom. The molecule has 0 saturated carbocycles. The highest BCUT2D eigenvalue weighted by atomic mass is 35.5. The van der Waals surface area contributed by atoms with E-state index in [4.69, 9.17) is 16.3 Å². The minimum absolute atomic E-state index is 0.00757. The Hall–Kier alpha value is -1.31. The van der Waals surface area contributed by atoms with Gasteiger partial charge >= 0.3 is 0 Å². The number of carbonyl (C=O) groups excluding carboxylic acids is 1. The number of nitrogens with zero attached hydrogens (tertiary/aromatic N) is 1. The van der Waals surface area contributed by atoms with Crippen LogP contribution in [-0.2, 0) is 14.8 Å². The van der Waals surface area contributed by atoms with Crippen LogP contribution in [-0.4, -0.2) is 45.5 Å². The molecule has 0 radical (unpaired) electrons. The number of nitrogens with one attached hydrogen (secondary N) is 1. The van der Waals surface area contributed by atoms with Gasteiger partial charge in [0.05, 0.1) is 17.0 Å². The summed E-state index contributed by atoms with van der Waals surface area (Å²) in [6, 6.07) is 3.42. The van der Waals surface area contributed by atoms with Crippen LogP contribution in [0.25, 0.3) is 0 Å². The van der Waals surface area contributed by atoms with E-state index in [1.807, 2.05) is 13.8 Å². The Morgan fingerprint density at radius 3 is 2.42 bits per heavy atom. The third-order valence-electron chi connectivity index (χ3n) is 4.07. The molecule has 1 aliphatic heterocycles. The first-order valence-corrected chi connectivity index (χ1v) is 9.77. The van der Waals surface area contributed by atoms with E-state index in [-0.39, 0.29) is 21.7 Å². The van der Waals surface area contributed by atoms with Crippen LogP contribution < -0.4 is 9.46 Å². The average molecular weight is 375 g/mol. The van der Waals surface area contributed by atoms with Gasteiger partial charge in [-0.3, -0.25) is 4.79 Å². The van der Waals surface area contributed by atoms with Gasteiger partial charge in [-0.25, -0.2) is 8.42 Å². The first kappa shape index (κ1) is 19.0. The molecule has 1 atom stereocenters. The highest BCUT2D eigenvalue weighted by Gasteiger charge is 2.32. The maximum Gasteiger partial charge on any atom is 0.241 e. The van der Waals surface area contributed by atoms with E-state index in [9.17, 15) is 13.2 Å². The normalized spacial score (nSPS) is 16.5. The van der Waals surface area contributed by atoms with Crippen LogP contribution in [0.2, 0.25) is 5.02 Å². The minimum atomic E-state index is -3.86. The number of benzene rings is 1. The second-order valence-corrected chi connectivity index (χ2v) is 8.29. The van der Waals surface area contributed by atoms with Gasteiger partial charge in [0.25, 0.3) is 0 Å². The molecule has 2 rings (SSSR count). The summed E-state index contributed by atoms with van der Waals surface area (Å²) < 4.78 is 32.8. The van der Waals surface area contributed by atoms with E-state index in [0.717, 1.165) is 12.8 Å². The van der Waals surface area contributed by atoms with Gasteiger partial charge < -0.3 is 9.64 Å². The molecule has 1 aromatic rings. The van der Waals surface area contributed by atoms with Gasteiger partial charge in [0.15, 0.2) is 0 Å². The predicted octanol–water partition coefficient (Wildman–Crippen LogP) is 2.27. The van der Waals surface area contributed by atoms with Crippen LogP contribution in [0.15, 0.2) is 23.1 Å². The molecule has 1 amide bonds. The lowest BCUT2D eigenvalue weighted by molar-refractivity contribution is -0.132. The standard InChI is InChI=1S/C16H23ClN2O4S/c1-11(2)15(16(20)19-8-4-5-9-19)18-24(21,22)12-6-7-14(23-3)13(17)10-12/h6-7,10-11,15,18H,4-5,8-9H2,1-3H3/t15-/m0/s1. The van der Waals surface area contributed by atoms with Crippen molar-refractivity contribution in [2.75, 3.05) is 20.2 Å². The van der Waals surface area contributed by atoms with Crippen LogP contribution in [0.3, 0.4) is 0 Å². The second-order valence-electron chi connectivity index (χ2n) is 6.17. The Bertz CT molecular complexity index is 700. The maximum atomic E-state index is 12.6. The van der Waals surface area contributed by atoms with Crippen LogP contribution >= 0.6 is 11.6 Å². The van der Waals surface area contributed by atoms with Crippen molar-refractivity contribution >= 4 is 27.5 Å². The van der Waals surface area contributed by atoms with E-state index in [2.05, 4.69) is 4.72 Å². The Morgan fingerprint density at radius 2 is 1.92 bits per heavy atom. The van der Waals surface area contributed by atoms with Gasteiger partial charge in [0.2, 0.25) is 15.9 Å². The van der Waals surface area contributed by atoms with E-state index >= 15 is 0 Å². The van der Waals surface area contributed by atoms with Crippen LogP contribution in [0, 0.1) is 5.92 Å². The van der Waals surface area contributed by atoms with Crippen molar-refractivity contribution in [2.45, 2.75) is 37.6 Å². The number of hydrogen-bond donors (Lipinski definition) is 1. The number of methoxy groups -OCH3 is 1. The van der Waals surface area contributed by atoms with Crippen molar-refractivity contribution in [3.05, 3.63) is 23.2 Å². The molecule has 1 fully saturated rings. The SMILES string of the molecule is COc1ccc(S(=O)(=O)N[C@H](C(=O)N2CCCC2)C(C)C)cc1Cl. The third kappa shape index (κ3) is 4.20. The number of amides is 1. The van der Waals surface area contributed by atoms with Crippen LogP contribution in [0.5, 0.6) is 5.75 Å². The van der Waals surface area contributed by atoms with Crippen molar-refractivity contribution in [1.29, 1.82) is 0 Å². The number of halogens is 1. The number of rotatable bonds is 6. The molecule has 134 valence electrons. The zero-order valence-corrected chi connectivity index (χ0v) is 15.7. The predicted molar refractivity (Wildman–Crippen MR) is 92.8 cm³/mol. The Kier molecular flexibility index (Phi) is 6.11. The molecule has 1 N–H and O–H groups in total. The quantitative estimate of drug-likeness (QED) is 0.828. The lowest BCUT2D eigenvalue weighted by Gasteiger charge is -2.26. The van der Waals surface area contributed by atoms with Gasteiger partial charge in [-0.1, -0.05) is 25.4 Å². The molecule has 0 aliphatic carbocycles. The lowest BCUT2D eigenvalue weighted by Crippen LogP contribution is -2.50. The molecule has 1 aliphatic rings. The van der Waals surface area contributed by atoms with Gasteiger partial charge in [0.1, 0.15) is 11.8 Å². The van der Waals surface area contributed by atoms with Crippen molar-refractivity contribution < 1.29 is 17.9 Å². The van der Waals surface area contributed by atoms with Crippen molar-refractivity contribution in [1.82, 2.24) is 9.62 Å². The number of sulfonamides is 1. The molecular formula is C16H23ClN2O4S. The molecule has 1 saturated heterocycles. The molecule has 6 nitrogen and oxygen atoms in total. The van der Waals surface area contributed by atoms with Crippen molar-refractivity contribution in [2.24, 2.45) is 5.92 Å². The summed E-state index contributed by atoms with van der Waals surface area (Å²) >= 11 is 6.01. The Labute approximate surface area is 148 Å². The zero-order valence-electron chi connectivity index (χ0n) is 14.1. The molecule has 0 spiro atoms. The molecule has 24 heavy (non-hydrogen) atoms. The monoisotopic (exact) mass is 374 g/mol. The molecule has 1 heterocycles. The fourth-order valence-corrected chi connectivity index (χ4v) is 4.34. The summed E-state index contributed by atoms with van der Waals surface area (Å²) in [5, 5.41) is 0.201. The summed E-state index contributed by atoms with van der Waals surface area (Å²) in [6.07, 6.45) is 1.91. The molecule has 0 aromatic heterocycles. The number of hydrogen-bond acceptors (Lipinski definition) is 4. The number of carbonyl (C=O) groups is 1. The third-order valence-corrected chi connectivity index (χ3v) is 5.80. The average Bonchev–Trinajstić information content (AvgIpc) is 3.06. The van der Waals surface area contributed by atoms with Gasteiger partial charge in [-0.05, 0) is 37.0 Å². The van der Waals surface area contributed by atoms with E-state index in [1.165, 1.54) is 25.3 Å². The topological polar surface area (TPSA) is 75.7 Å². The Balaban J connectivity index is 2.24. The van der Waals surface area contributed by atoms with Crippen molar-refractivity contribution in [3.63, 3.8) is 0 Å². The summed E-state index contributed by atoms with van der Waals surface area (Å²) in [7, 11) is -2.41. The summed E-state index contributed by atoms with van der Waals surface area (Å²) in [4.78, 5) is 14.3. The fraction of sp³-hybridized carbons (Fsp3) is 0.562. The first-order valence-electron chi connectivity index (χ1n) is 7.91. The lowest BCUT2D eigenvalue weighted by atomic mass is 10.0. The molecule has 0 unspecified atom stereocenters. The fourth-order valence-electron chi connectivity index (χ4n) is 2.66. The second kappa shape index (κ2) is 7.72. The maximum absolute atomic E-state index is 12.6. The molecule has 1 aromatic carbocycles. The summed E-state index contributed by atoms with van der Waals surface area (Å²) in [5.41, 5.74) is 0. The summed E-state index contributed by atoms with van der Waals surface area (Å²) in [6.45, 7) is 5.00. The minimum Gasteiger partial charge on any atom is -0.495 e. The highest BCUT2D eigenvalue weighted by molar-refractivity contribution is 7.89. The number of likely N-dealkylation sites (tertiary alicyclic amines) is 1. The smallest absolute Gasteiger partial charge is 0.241 e. The highest BCUT2D eigenvalue weighted by Crippen LogP contribution is 2.27. The van der Waals surface area contributed by atoms with Crippen LogP contribution in [0.4, 0.5) is 0 Å². The van der Waals surface area contributed by atoms with Crippen LogP contribution in [0.1, 0.15) is 26.7 Å². The van der Waals surface area contributed by atoms with Gasteiger partial charge in [0, 0.05) is 13.1 Å². The molecule has 8 heteroatoms. The van der Waals surface area contributed by atoms with Gasteiger partial charge in [-0.2, -0.15) is 4.72 Å². The van der Waals surface area contributed by atoms with Crippen molar-refractivity contribution in [3.8, 4) is 5.75 Å². The van der Waals surface area contributed by atoms with Gasteiger partial charge in [-0.15, -0.1) is 0 Å². The van der Waals surface area contributed by atoms with E-state index in [1.54, 1.807) is 4.90 Å². The summed E-state index contributed by atoms with van der Waals surface area (Å²) in [5.74, 6) is 0.0523. The largest absolute Gasteiger partial charge is 0.495 e. The molecular weight excluding hydrogens is 352 g/mol. The van der Waals surface area contributed by atoms with E-state index < -0.39 is 16.1 Å². The van der Waals surface area contributed by atoms with E-state index in [0.29, 0.717) is 18.8 Å².